The van der Waals surface area contributed by atoms with Gasteiger partial charge in [0, 0.05) is 37.6 Å². The van der Waals surface area contributed by atoms with Crippen molar-refractivity contribution in [3.05, 3.63) is 24.0 Å². The van der Waals surface area contributed by atoms with E-state index in [0.29, 0.717) is 25.2 Å². The van der Waals surface area contributed by atoms with E-state index in [1.807, 2.05) is 9.80 Å². The second-order valence-corrected chi connectivity index (χ2v) is 5.96. The molecule has 2 N–H and O–H groups in total. The number of nitrogens with zero attached hydrogens (tertiary/aromatic N) is 2. The maximum atomic E-state index is 14.3. The van der Waals surface area contributed by atoms with Crippen molar-refractivity contribution in [2.45, 2.75) is 31.7 Å². The Morgan fingerprint density at radius 3 is 2.50 bits per heavy atom. The van der Waals surface area contributed by atoms with E-state index in [-0.39, 0.29) is 17.4 Å². The Bertz CT molecular complexity index is 562. The van der Waals surface area contributed by atoms with Crippen LogP contribution in [0.25, 0.3) is 0 Å². The van der Waals surface area contributed by atoms with Crippen LogP contribution in [-0.2, 0) is 4.79 Å². The number of amides is 1. The van der Waals surface area contributed by atoms with E-state index < -0.39 is 12.9 Å². The van der Waals surface area contributed by atoms with E-state index in [9.17, 15) is 19.2 Å². The van der Waals surface area contributed by atoms with Gasteiger partial charge in [-0.05, 0) is 25.3 Å². The number of hydrogen-bond donors (Lipinski definition) is 2. The highest BCUT2D eigenvalue weighted by Gasteiger charge is 2.31. The van der Waals surface area contributed by atoms with Crippen LogP contribution < -0.4 is 10.4 Å². The third kappa shape index (κ3) is 2.83. The molecule has 3 rings (SSSR count). The number of benzene rings is 1. The summed E-state index contributed by atoms with van der Waals surface area (Å²) in [6.45, 7) is 2.16. The summed E-state index contributed by atoms with van der Waals surface area (Å²) in [7, 11) is -1.81. The van der Waals surface area contributed by atoms with E-state index in [4.69, 9.17) is 0 Å². The fourth-order valence-electron chi connectivity index (χ4n) is 3.45. The molecule has 0 saturated carbocycles. The van der Waals surface area contributed by atoms with Gasteiger partial charge in [0.1, 0.15) is 5.82 Å². The molecule has 0 radical (unpaired) electrons. The average Bonchev–Trinajstić information content (AvgIpc) is 2.93. The Morgan fingerprint density at radius 2 is 1.91 bits per heavy atom. The minimum Gasteiger partial charge on any atom is -0.423 e. The average molecular weight is 306 g/mol. The molecule has 5 nitrogen and oxygen atoms in total. The SMILES string of the molecule is O=C1CCCN1C1CCN(c2cccc(B(O)O)c2F)CC1. The summed E-state index contributed by atoms with van der Waals surface area (Å²) < 4.78 is 14.3. The topological polar surface area (TPSA) is 64.0 Å². The van der Waals surface area contributed by atoms with Gasteiger partial charge in [0.05, 0.1) is 5.69 Å². The van der Waals surface area contributed by atoms with Crippen LogP contribution in [0.3, 0.4) is 0 Å². The van der Waals surface area contributed by atoms with Gasteiger partial charge < -0.3 is 19.8 Å². The number of hydrogen-bond acceptors (Lipinski definition) is 4. The lowest BCUT2D eigenvalue weighted by molar-refractivity contribution is -0.130. The molecule has 22 heavy (non-hydrogen) atoms. The molecule has 2 aliphatic heterocycles. The molecule has 0 spiro atoms. The van der Waals surface area contributed by atoms with Gasteiger partial charge in [-0.15, -0.1) is 0 Å². The molecule has 0 unspecified atom stereocenters. The van der Waals surface area contributed by atoms with Crippen molar-refractivity contribution in [2.75, 3.05) is 24.5 Å². The Balaban J connectivity index is 1.69. The lowest BCUT2D eigenvalue weighted by Crippen LogP contribution is -2.46. The molecule has 2 aliphatic rings. The van der Waals surface area contributed by atoms with Crippen LogP contribution in [0.5, 0.6) is 0 Å². The summed E-state index contributed by atoms with van der Waals surface area (Å²) in [5.74, 6) is -0.344. The van der Waals surface area contributed by atoms with Crippen LogP contribution >= 0.6 is 0 Å². The molecule has 0 aromatic heterocycles. The molecule has 2 saturated heterocycles. The minimum absolute atomic E-state index is 0.102. The molecule has 1 aromatic carbocycles. The van der Waals surface area contributed by atoms with Crippen LogP contribution in [0.4, 0.5) is 10.1 Å². The number of anilines is 1. The fraction of sp³-hybridized carbons (Fsp3) is 0.533. The van der Waals surface area contributed by atoms with Gasteiger partial charge in [0.25, 0.3) is 0 Å². The van der Waals surface area contributed by atoms with E-state index in [1.165, 1.54) is 6.07 Å². The van der Waals surface area contributed by atoms with Gasteiger partial charge >= 0.3 is 7.12 Å². The summed E-state index contributed by atoms with van der Waals surface area (Å²) in [6.07, 6.45) is 3.21. The van der Waals surface area contributed by atoms with Crippen molar-refractivity contribution in [1.29, 1.82) is 0 Å². The molecule has 2 heterocycles. The predicted molar refractivity (Wildman–Crippen MR) is 82.4 cm³/mol. The molecular formula is C15H20BFN2O3. The molecule has 7 heteroatoms. The molecule has 1 aromatic rings. The molecule has 0 atom stereocenters. The second kappa shape index (κ2) is 6.26. The molecule has 118 valence electrons. The molecule has 2 fully saturated rings. The van der Waals surface area contributed by atoms with Crippen molar-refractivity contribution in [2.24, 2.45) is 0 Å². The molecule has 0 bridgehead atoms. The number of carbonyl (C=O) groups excluding carboxylic acids is 1. The zero-order valence-corrected chi connectivity index (χ0v) is 12.4. The van der Waals surface area contributed by atoms with Crippen LogP contribution in [0.1, 0.15) is 25.7 Å². The van der Waals surface area contributed by atoms with Crippen molar-refractivity contribution >= 4 is 24.2 Å². The zero-order chi connectivity index (χ0) is 15.7. The van der Waals surface area contributed by atoms with Gasteiger partial charge in [0.15, 0.2) is 0 Å². The Hall–Kier alpha value is -1.60. The highest BCUT2D eigenvalue weighted by molar-refractivity contribution is 6.58. The normalized spacial score (nSPS) is 19.9. The largest absolute Gasteiger partial charge is 0.491 e. The first kappa shape index (κ1) is 15.3. The Morgan fingerprint density at radius 1 is 1.18 bits per heavy atom. The molecule has 1 amide bonds. The number of piperidine rings is 1. The number of halogens is 1. The van der Waals surface area contributed by atoms with Gasteiger partial charge in [0.2, 0.25) is 5.91 Å². The Labute approximate surface area is 129 Å². The first-order chi connectivity index (χ1) is 10.6. The van der Waals surface area contributed by atoms with E-state index in [1.54, 1.807) is 12.1 Å². The van der Waals surface area contributed by atoms with Crippen LogP contribution in [-0.4, -0.2) is 53.6 Å². The molecule has 0 aliphatic carbocycles. The van der Waals surface area contributed by atoms with E-state index in [0.717, 1.165) is 25.8 Å². The highest BCUT2D eigenvalue weighted by Crippen LogP contribution is 2.26. The maximum Gasteiger partial charge on any atom is 0.491 e. The lowest BCUT2D eigenvalue weighted by Gasteiger charge is -2.38. The van der Waals surface area contributed by atoms with Gasteiger partial charge in [-0.2, -0.15) is 0 Å². The summed E-state index contributed by atoms with van der Waals surface area (Å²) in [5, 5.41) is 18.4. The Kier molecular flexibility index (Phi) is 4.36. The van der Waals surface area contributed by atoms with Crippen molar-refractivity contribution < 1.29 is 19.2 Å². The minimum atomic E-state index is -1.81. The zero-order valence-electron chi connectivity index (χ0n) is 12.4. The number of likely N-dealkylation sites (tertiary alicyclic amines) is 1. The monoisotopic (exact) mass is 306 g/mol. The van der Waals surface area contributed by atoms with Gasteiger partial charge in [-0.3, -0.25) is 4.79 Å². The number of carbonyl (C=O) groups is 1. The highest BCUT2D eigenvalue weighted by atomic mass is 19.1. The quantitative estimate of drug-likeness (QED) is 0.777. The third-order valence-corrected chi connectivity index (χ3v) is 4.64. The first-order valence-corrected chi connectivity index (χ1v) is 7.77. The predicted octanol–water partition coefficient (Wildman–Crippen LogP) is 0.0967. The van der Waals surface area contributed by atoms with Crippen LogP contribution in [0.2, 0.25) is 0 Å². The third-order valence-electron chi connectivity index (χ3n) is 4.64. The molecular weight excluding hydrogens is 286 g/mol. The maximum absolute atomic E-state index is 14.3. The number of rotatable bonds is 3. The lowest BCUT2D eigenvalue weighted by atomic mass is 9.79. The summed E-state index contributed by atoms with van der Waals surface area (Å²) in [4.78, 5) is 15.7. The van der Waals surface area contributed by atoms with Crippen molar-refractivity contribution in [3.8, 4) is 0 Å². The van der Waals surface area contributed by atoms with E-state index in [2.05, 4.69) is 0 Å². The standard InChI is InChI=1S/C15H20BFN2O3/c17-15-12(16(21)22)3-1-4-13(15)18-9-6-11(7-10-18)19-8-2-5-14(19)20/h1,3-4,11,21-22H,2,5-10H2. The van der Waals surface area contributed by atoms with Crippen LogP contribution in [0.15, 0.2) is 18.2 Å². The summed E-state index contributed by atoms with van der Waals surface area (Å²) in [5.41, 5.74) is 0.297. The van der Waals surface area contributed by atoms with Gasteiger partial charge in [-0.1, -0.05) is 12.1 Å². The smallest absolute Gasteiger partial charge is 0.423 e. The van der Waals surface area contributed by atoms with Crippen molar-refractivity contribution in [3.63, 3.8) is 0 Å². The second-order valence-electron chi connectivity index (χ2n) is 5.96. The first-order valence-electron chi connectivity index (χ1n) is 7.77. The fourth-order valence-corrected chi connectivity index (χ4v) is 3.45. The summed E-state index contributed by atoms with van der Waals surface area (Å²) >= 11 is 0. The summed E-state index contributed by atoms with van der Waals surface area (Å²) in [6, 6.07) is 4.91. The van der Waals surface area contributed by atoms with Crippen molar-refractivity contribution in [1.82, 2.24) is 4.90 Å². The van der Waals surface area contributed by atoms with Gasteiger partial charge in [-0.25, -0.2) is 4.39 Å². The van der Waals surface area contributed by atoms with Crippen LogP contribution in [0, 0.1) is 5.82 Å². The van der Waals surface area contributed by atoms with E-state index >= 15 is 0 Å².